The first-order valence-corrected chi connectivity index (χ1v) is 8.46. The number of ether oxygens (including phenoxy) is 1. The summed E-state index contributed by atoms with van der Waals surface area (Å²) in [5.41, 5.74) is 3.04. The van der Waals surface area contributed by atoms with Crippen molar-refractivity contribution in [1.29, 1.82) is 0 Å². The SMILES string of the molecule is COC1=C(C(O)CCc2ccccc2)C[C](c2ccc(F)cc2)C=C1. The molecule has 3 rings (SSSR count). The van der Waals surface area contributed by atoms with E-state index in [9.17, 15) is 9.50 Å². The quantitative estimate of drug-likeness (QED) is 0.834. The molecular formula is C22H22FO2. The van der Waals surface area contributed by atoms with E-state index in [1.165, 1.54) is 17.7 Å². The molecule has 0 saturated heterocycles. The highest BCUT2D eigenvalue weighted by atomic mass is 19.1. The van der Waals surface area contributed by atoms with E-state index in [-0.39, 0.29) is 5.82 Å². The van der Waals surface area contributed by atoms with Gasteiger partial charge in [0.25, 0.3) is 0 Å². The molecule has 1 aliphatic rings. The highest BCUT2D eigenvalue weighted by molar-refractivity contribution is 5.46. The van der Waals surface area contributed by atoms with Crippen LogP contribution in [-0.2, 0) is 11.2 Å². The third kappa shape index (κ3) is 4.37. The van der Waals surface area contributed by atoms with Gasteiger partial charge < -0.3 is 9.84 Å². The number of benzene rings is 2. The van der Waals surface area contributed by atoms with E-state index in [1.807, 2.05) is 30.4 Å². The number of aryl methyl sites for hydroxylation is 1. The summed E-state index contributed by atoms with van der Waals surface area (Å²) in [6.45, 7) is 0. The first kappa shape index (κ1) is 17.4. The van der Waals surface area contributed by atoms with Crippen molar-refractivity contribution in [3.05, 3.63) is 101 Å². The Morgan fingerprint density at radius 1 is 1.04 bits per heavy atom. The number of hydrogen-bond donors (Lipinski definition) is 1. The Labute approximate surface area is 148 Å². The van der Waals surface area contributed by atoms with Gasteiger partial charge in [-0.1, -0.05) is 48.5 Å². The van der Waals surface area contributed by atoms with Crippen molar-refractivity contribution in [2.45, 2.75) is 25.4 Å². The van der Waals surface area contributed by atoms with Gasteiger partial charge in [0.15, 0.2) is 0 Å². The zero-order valence-corrected chi connectivity index (χ0v) is 14.3. The molecule has 0 bridgehead atoms. The molecule has 3 heteroatoms. The molecule has 0 fully saturated rings. The number of methoxy groups -OCH3 is 1. The maximum atomic E-state index is 13.1. The maximum Gasteiger partial charge on any atom is 0.123 e. The second kappa shape index (κ2) is 8.13. The Morgan fingerprint density at radius 3 is 2.44 bits per heavy atom. The van der Waals surface area contributed by atoms with Gasteiger partial charge in [-0.3, -0.25) is 0 Å². The normalized spacial score (nSPS) is 16.1. The fourth-order valence-corrected chi connectivity index (χ4v) is 3.10. The lowest BCUT2D eigenvalue weighted by molar-refractivity contribution is 0.184. The molecule has 25 heavy (non-hydrogen) atoms. The molecule has 0 aromatic heterocycles. The molecule has 1 unspecified atom stereocenters. The van der Waals surface area contributed by atoms with Crippen LogP contribution in [0.25, 0.3) is 0 Å². The van der Waals surface area contributed by atoms with Gasteiger partial charge in [0.05, 0.1) is 13.2 Å². The van der Waals surface area contributed by atoms with E-state index in [2.05, 4.69) is 12.1 Å². The molecule has 1 atom stereocenters. The van der Waals surface area contributed by atoms with E-state index in [4.69, 9.17) is 4.74 Å². The summed E-state index contributed by atoms with van der Waals surface area (Å²) in [6.07, 6.45) is 5.31. The topological polar surface area (TPSA) is 29.5 Å². The highest BCUT2D eigenvalue weighted by Crippen LogP contribution is 2.33. The van der Waals surface area contributed by atoms with E-state index in [0.29, 0.717) is 18.6 Å². The van der Waals surface area contributed by atoms with Crippen molar-refractivity contribution in [2.24, 2.45) is 0 Å². The molecular weight excluding hydrogens is 315 g/mol. The predicted octanol–water partition coefficient (Wildman–Crippen LogP) is 4.60. The minimum atomic E-state index is -0.574. The Balaban J connectivity index is 1.71. The summed E-state index contributed by atoms with van der Waals surface area (Å²) in [7, 11) is 1.62. The number of aliphatic hydroxyl groups excluding tert-OH is 1. The van der Waals surface area contributed by atoms with Crippen molar-refractivity contribution >= 4 is 0 Å². The van der Waals surface area contributed by atoms with Crippen molar-refractivity contribution in [3.8, 4) is 0 Å². The summed E-state index contributed by atoms with van der Waals surface area (Å²) < 4.78 is 18.6. The van der Waals surface area contributed by atoms with Gasteiger partial charge in [-0.25, -0.2) is 4.39 Å². The Hall–Kier alpha value is -2.39. The van der Waals surface area contributed by atoms with Gasteiger partial charge in [-0.15, -0.1) is 0 Å². The molecule has 0 amide bonds. The van der Waals surface area contributed by atoms with Gasteiger partial charge in [-0.2, -0.15) is 0 Å². The number of rotatable bonds is 6. The largest absolute Gasteiger partial charge is 0.497 e. The van der Waals surface area contributed by atoms with Gasteiger partial charge in [0, 0.05) is 11.5 Å². The lowest BCUT2D eigenvalue weighted by Gasteiger charge is -2.25. The molecule has 1 aliphatic carbocycles. The van der Waals surface area contributed by atoms with Gasteiger partial charge in [-0.05, 0) is 48.6 Å². The van der Waals surface area contributed by atoms with Crippen LogP contribution in [0.2, 0.25) is 0 Å². The van der Waals surface area contributed by atoms with Crippen LogP contribution in [0, 0.1) is 11.7 Å². The fourth-order valence-electron chi connectivity index (χ4n) is 3.10. The monoisotopic (exact) mass is 337 g/mol. The minimum absolute atomic E-state index is 0.250. The zero-order chi connectivity index (χ0) is 17.6. The standard InChI is InChI=1S/C22H22FO2/c1-25-22-14-10-18(17-8-11-19(23)12-9-17)15-20(22)21(24)13-7-16-5-3-2-4-6-16/h2-6,8-12,14,21,24H,7,13,15H2,1H3. The summed E-state index contributed by atoms with van der Waals surface area (Å²) in [5, 5.41) is 10.7. The molecule has 2 aromatic rings. The third-order valence-corrected chi connectivity index (χ3v) is 4.52. The maximum absolute atomic E-state index is 13.1. The fraction of sp³-hybridized carbons (Fsp3) is 0.227. The van der Waals surface area contributed by atoms with Crippen LogP contribution in [0.15, 0.2) is 78.1 Å². The average Bonchev–Trinajstić information content (AvgIpc) is 2.67. The van der Waals surface area contributed by atoms with Crippen LogP contribution in [-0.4, -0.2) is 18.3 Å². The molecule has 129 valence electrons. The summed E-state index contributed by atoms with van der Waals surface area (Å²) in [5.74, 6) is 1.52. The van der Waals surface area contributed by atoms with E-state index >= 15 is 0 Å². The lowest BCUT2D eigenvalue weighted by atomic mass is 9.84. The number of halogens is 1. The first-order valence-electron chi connectivity index (χ1n) is 8.46. The van der Waals surface area contributed by atoms with Crippen molar-refractivity contribution in [2.75, 3.05) is 7.11 Å². The molecule has 1 N–H and O–H groups in total. The second-order valence-electron chi connectivity index (χ2n) is 6.18. The van der Waals surface area contributed by atoms with Crippen LogP contribution >= 0.6 is 0 Å². The van der Waals surface area contributed by atoms with Crippen molar-refractivity contribution in [1.82, 2.24) is 0 Å². The van der Waals surface area contributed by atoms with Crippen LogP contribution < -0.4 is 0 Å². The molecule has 0 heterocycles. The first-order chi connectivity index (χ1) is 12.2. The molecule has 0 aliphatic heterocycles. The average molecular weight is 337 g/mol. The summed E-state index contributed by atoms with van der Waals surface area (Å²) >= 11 is 0. The Bertz CT molecular complexity index is 747. The smallest absolute Gasteiger partial charge is 0.123 e. The van der Waals surface area contributed by atoms with Crippen LogP contribution in [0.4, 0.5) is 4.39 Å². The van der Waals surface area contributed by atoms with Crippen LogP contribution in [0.1, 0.15) is 24.0 Å². The Morgan fingerprint density at radius 2 is 1.76 bits per heavy atom. The third-order valence-electron chi connectivity index (χ3n) is 4.52. The van der Waals surface area contributed by atoms with E-state index < -0.39 is 6.10 Å². The van der Waals surface area contributed by atoms with Gasteiger partial charge in [0.2, 0.25) is 0 Å². The number of hydrogen-bond acceptors (Lipinski definition) is 2. The van der Waals surface area contributed by atoms with Gasteiger partial charge in [0.1, 0.15) is 11.6 Å². The summed E-state index contributed by atoms with van der Waals surface area (Å²) in [4.78, 5) is 0. The molecule has 2 aromatic carbocycles. The molecule has 0 saturated carbocycles. The molecule has 2 nitrogen and oxygen atoms in total. The number of aliphatic hydroxyl groups is 1. The van der Waals surface area contributed by atoms with Gasteiger partial charge >= 0.3 is 0 Å². The highest BCUT2D eigenvalue weighted by Gasteiger charge is 2.24. The predicted molar refractivity (Wildman–Crippen MR) is 97.3 cm³/mol. The zero-order valence-electron chi connectivity index (χ0n) is 14.3. The number of allylic oxidation sites excluding steroid dienone is 2. The van der Waals surface area contributed by atoms with Crippen LogP contribution in [0.3, 0.4) is 0 Å². The minimum Gasteiger partial charge on any atom is -0.497 e. The van der Waals surface area contributed by atoms with Crippen molar-refractivity contribution < 1.29 is 14.2 Å². The van der Waals surface area contributed by atoms with Crippen molar-refractivity contribution in [3.63, 3.8) is 0 Å². The summed E-state index contributed by atoms with van der Waals surface area (Å²) in [6, 6.07) is 16.6. The molecule has 0 spiro atoms. The van der Waals surface area contributed by atoms with E-state index in [1.54, 1.807) is 19.2 Å². The molecule has 1 radical (unpaired) electrons. The Kier molecular flexibility index (Phi) is 5.67. The van der Waals surface area contributed by atoms with E-state index in [0.717, 1.165) is 23.5 Å². The second-order valence-corrected chi connectivity index (χ2v) is 6.18. The lowest BCUT2D eigenvalue weighted by Crippen LogP contribution is -2.19. The van der Waals surface area contributed by atoms with Crippen LogP contribution in [0.5, 0.6) is 0 Å².